The van der Waals surface area contributed by atoms with Crippen LogP contribution in [0.1, 0.15) is 105 Å². The van der Waals surface area contributed by atoms with Crippen LogP contribution in [0.3, 0.4) is 0 Å². The molecule has 0 amide bonds. The van der Waals surface area contributed by atoms with Gasteiger partial charge in [0, 0.05) is 7.05 Å². The number of hydrogen-bond donors (Lipinski definition) is 0. The highest BCUT2D eigenvalue weighted by atomic mass is 79.9. The number of allylic oxidation sites excluding steroid dienone is 2. The second-order valence-corrected chi connectivity index (χ2v) is 15.5. The summed E-state index contributed by atoms with van der Waals surface area (Å²) in [4.78, 5) is 39.3. The molecule has 6 atom stereocenters. The van der Waals surface area contributed by atoms with Gasteiger partial charge in [-0.25, -0.2) is 23.5 Å². The Morgan fingerprint density at radius 1 is 1.00 bits per heavy atom. The molecule has 1 spiro atoms. The summed E-state index contributed by atoms with van der Waals surface area (Å²) in [6, 6.07) is 0. The maximum Gasteiger partial charge on any atom is 0.347 e. The number of carbonyl (C=O) groups is 1. The zero-order valence-corrected chi connectivity index (χ0v) is 27.7. The van der Waals surface area contributed by atoms with Crippen LogP contribution in [0.2, 0.25) is 0 Å². The average molecular weight is 635 g/mol. The number of esters is 1. The normalized spacial score (nSPS) is 37.3. The molecule has 1 unspecified atom stereocenters. The van der Waals surface area contributed by atoms with E-state index in [0.717, 1.165) is 44.4 Å². The molecule has 3 aliphatic carbocycles. The van der Waals surface area contributed by atoms with Gasteiger partial charge in [-0.2, -0.15) is 0 Å². The van der Waals surface area contributed by atoms with Gasteiger partial charge in [0.05, 0.1) is 12.1 Å². The summed E-state index contributed by atoms with van der Waals surface area (Å²) < 4.78 is 10.7. The van der Waals surface area contributed by atoms with E-state index in [2.05, 4.69) is 62.7 Å². The van der Waals surface area contributed by atoms with E-state index in [9.17, 15) is 14.4 Å². The lowest BCUT2D eigenvalue weighted by Gasteiger charge is -2.61. The molecule has 1 aromatic heterocycles. The van der Waals surface area contributed by atoms with Crippen molar-refractivity contribution in [3.63, 3.8) is 0 Å². The van der Waals surface area contributed by atoms with Crippen LogP contribution in [-0.4, -0.2) is 31.3 Å². The Hall–Kier alpha value is -1.57. The SMILES string of the molecule is CC(C)CCC[C@@H](C)C1CC[C@H]2[C@@]3(C=CCn4c(=O)n(C)c(=O)n43)[C@@H]([C@]3(C)CC[C@@H](OC(=O)CBr)CC3)CC[C@]12C. The summed E-state index contributed by atoms with van der Waals surface area (Å²) >= 11 is 3.23. The first-order chi connectivity index (χ1) is 19.4. The summed E-state index contributed by atoms with van der Waals surface area (Å²) in [5.74, 6) is 2.35. The van der Waals surface area contributed by atoms with Crippen molar-refractivity contribution < 1.29 is 9.53 Å². The number of rotatable bonds is 8. The lowest BCUT2D eigenvalue weighted by atomic mass is 9.47. The molecule has 8 heteroatoms. The fraction of sp³-hybridized carbons (Fsp3) is 0.848. The monoisotopic (exact) mass is 633 g/mol. The van der Waals surface area contributed by atoms with E-state index in [4.69, 9.17) is 4.74 Å². The number of fused-ring (bicyclic) bond motifs is 4. The van der Waals surface area contributed by atoms with Crippen LogP contribution in [0.15, 0.2) is 21.7 Å². The van der Waals surface area contributed by atoms with Crippen LogP contribution in [0.4, 0.5) is 0 Å². The number of nitrogens with zero attached hydrogens (tertiary/aromatic N) is 3. The predicted octanol–water partition coefficient (Wildman–Crippen LogP) is 6.41. The fourth-order valence-corrected chi connectivity index (χ4v) is 10.3. The standard InChI is InChI=1S/C33H52BrN3O4/c1-22(2)9-7-10-23(3)25-11-12-27-32(25,5)19-15-26(31(4)17-13-24(14-18-31)41-28(38)21-34)33(27)16-8-20-36-29(39)35(6)30(40)37(33)36/h8,16,22-27H,7,9-15,17-21H2,1-6H3/t23-,24-,25?,26-,27-,31-,32-,33-/m1/s1. The molecule has 2 heterocycles. The van der Waals surface area contributed by atoms with Crippen LogP contribution in [-0.2, 0) is 28.7 Å². The fourth-order valence-electron chi connectivity index (χ4n) is 10.2. The van der Waals surface area contributed by atoms with Crippen molar-refractivity contribution in [1.82, 2.24) is 13.9 Å². The van der Waals surface area contributed by atoms with Gasteiger partial charge in [-0.3, -0.25) is 4.79 Å². The Balaban J connectivity index is 1.54. The quantitative estimate of drug-likeness (QED) is 0.188. The summed E-state index contributed by atoms with van der Waals surface area (Å²) in [6.07, 6.45) is 16.4. The number of ether oxygens (including phenoxy) is 1. The first-order valence-corrected chi connectivity index (χ1v) is 17.3. The first kappa shape index (κ1) is 30.9. The number of hydrogen-bond acceptors (Lipinski definition) is 4. The second-order valence-electron chi connectivity index (χ2n) is 14.9. The molecule has 5 rings (SSSR count). The maximum absolute atomic E-state index is 14.0. The first-order valence-electron chi connectivity index (χ1n) is 16.2. The summed E-state index contributed by atoms with van der Waals surface area (Å²) in [5, 5.41) is 0.225. The molecular weight excluding hydrogens is 582 g/mol. The average Bonchev–Trinajstić information content (AvgIpc) is 3.41. The van der Waals surface area contributed by atoms with Crippen molar-refractivity contribution >= 4 is 21.9 Å². The van der Waals surface area contributed by atoms with Crippen molar-refractivity contribution in [1.29, 1.82) is 0 Å². The van der Waals surface area contributed by atoms with E-state index in [1.54, 1.807) is 11.7 Å². The van der Waals surface area contributed by atoms with Crippen LogP contribution in [0.25, 0.3) is 0 Å². The van der Waals surface area contributed by atoms with Gasteiger partial charge in [0.15, 0.2) is 0 Å². The number of aromatic nitrogens is 3. The van der Waals surface area contributed by atoms with E-state index >= 15 is 0 Å². The Morgan fingerprint density at radius 2 is 1.71 bits per heavy atom. The Morgan fingerprint density at radius 3 is 2.37 bits per heavy atom. The molecule has 0 saturated heterocycles. The van der Waals surface area contributed by atoms with Crippen LogP contribution in [0.5, 0.6) is 0 Å². The van der Waals surface area contributed by atoms with Crippen molar-refractivity contribution in [2.45, 2.75) is 123 Å². The van der Waals surface area contributed by atoms with Gasteiger partial charge in [-0.1, -0.05) is 82.0 Å². The molecule has 0 radical (unpaired) electrons. The zero-order chi connectivity index (χ0) is 29.7. The third-order valence-electron chi connectivity index (χ3n) is 12.2. The van der Waals surface area contributed by atoms with Gasteiger partial charge >= 0.3 is 17.3 Å². The molecule has 1 aromatic rings. The molecule has 7 nitrogen and oxygen atoms in total. The minimum atomic E-state index is -0.525. The summed E-state index contributed by atoms with van der Waals surface area (Å²) in [6.45, 7) is 12.5. The molecular formula is C33H52BrN3O4. The number of carbonyl (C=O) groups excluding carboxylic acids is 1. The Labute approximate surface area is 254 Å². The van der Waals surface area contributed by atoms with E-state index in [1.165, 1.54) is 36.7 Å². The van der Waals surface area contributed by atoms with Crippen molar-refractivity contribution in [2.75, 3.05) is 5.33 Å². The highest BCUT2D eigenvalue weighted by molar-refractivity contribution is 9.09. The maximum atomic E-state index is 14.0. The minimum Gasteiger partial charge on any atom is -0.462 e. The lowest BCUT2D eigenvalue weighted by Crippen LogP contribution is -2.64. The lowest BCUT2D eigenvalue weighted by molar-refractivity contribution is -0.152. The van der Waals surface area contributed by atoms with Gasteiger partial charge in [-0.15, -0.1) is 0 Å². The Bertz CT molecular complexity index is 1270. The smallest absolute Gasteiger partial charge is 0.347 e. The number of alkyl halides is 1. The third kappa shape index (κ3) is 5.06. The zero-order valence-electron chi connectivity index (χ0n) is 26.2. The van der Waals surface area contributed by atoms with Gasteiger partial charge in [-0.05, 0) is 91.8 Å². The van der Waals surface area contributed by atoms with E-state index in [-0.39, 0.29) is 45.5 Å². The van der Waals surface area contributed by atoms with E-state index in [0.29, 0.717) is 24.3 Å². The molecule has 41 heavy (non-hydrogen) atoms. The van der Waals surface area contributed by atoms with Crippen LogP contribution >= 0.6 is 15.9 Å². The molecule has 3 saturated carbocycles. The van der Waals surface area contributed by atoms with E-state index in [1.807, 2.05) is 4.68 Å². The molecule has 1 aliphatic heterocycles. The van der Waals surface area contributed by atoms with Gasteiger partial charge < -0.3 is 4.74 Å². The molecule has 0 N–H and O–H groups in total. The topological polar surface area (TPSA) is 75.2 Å². The van der Waals surface area contributed by atoms with Gasteiger partial charge in [0.1, 0.15) is 11.4 Å². The highest BCUT2D eigenvalue weighted by Gasteiger charge is 2.66. The van der Waals surface area contributed by atoms with Crippen molar-refractivity contribution in [3.05, 3.63) is 33.1 Å². The largest absolute Gasteiger partial charge is 0.462 e. The second kappa shape index (κ2) is 11.5. The van der Waals surface area contributed by atoms with Gasteiger partial charge in [0.2, 0.25) is 0 Å². The third-order valence-corrected chi connectivity index (χ3v) is 12.7. The Kier molecular flexibility index (Phi) is 8.66. The van der Waals surface area contributed by atoms with Crippen molar-refractivity contribution in [2.24, 2.45) is 47.5 Å². The highest BCUT2D eigenvalue weighted by Crippen LogP contribution is 2.68. The predicted molar refractivity (Wildman–Crippen MR) is 166 cm³/mol. The number of halogens is 1. The minimum absolute atomic E-state index is 0.0164. The van der Waals surface area contributed by atoms with Gasteiger partial charge in [0.25, 0.3) is 0 Å². The molecule has 3 fully saturated rings. The van der Waals surface area contributed by atoms with Crippen molar-refractivity contribution in [3.8, 4) is 0 Å². The summed E-state index contributed by atoms with van der Waals surface area (Å²) in [5.41, 5.74) is -0.812. The molecule has 0 bridgehead atoms. The molecule has 230 valence electrons. The molecule has 0 aromatic carbocycles. The van der Waals surface area contributed by atoms with E-state index < -0.39 is 5.54 Å². The molecule has 4 aliphatic rings. The van der Waals surface area contributed by atoms with Crippen LogP contribution in [0, 0.1) is 40.4 Å². The van der Waals surface area contributed by atoms with Crippen LogP contribution < -0.4 is 11.4 Å². The summed E-state index contributed by atoms with van der Waals surface area (Å²) in [7, 11) is 1.63.